The topological polar surface area (TPSA) is 49.4 Å². The summed E-state index contributed by atoms with van der Waals surface area (Å²) < 4.78 is 0. The highest BCUT2D eigenvalue weighted by atomic mass is 16.2. The molecule has 0 aliphatic heterocycles. The zero-order valence-corrected chi connectivity index (χ0v) is 9.30. The summed E-state index contributed by atoms with van der Waals surface area (Å²) in [7, 11) is 0. The highest BCUT2D eigenvalue weighted by molar-refractivity contribution is 5.76. The molecule has 0 rings (SSSR count). The first-order chi connectivity index (χ1) is 6.61. The van der Waals surface area contributed by atoms with Crippen molar-refractivity contribution in [2.45, 2.75) is 33.6 Å². The number of rotatable bonds is 6. The summed E-state index contributed by atoms with van der Waals surface area (Å²) >= 11 is 0. The molecule has 14 heavy (non-hydrogen) atoms. The number of carbonyl (C=O) groups excluding carboxylic acids is 2. The van der Waals surface area contributed by atoms with E-state index < -0.39 is 0 Å². The number of hydrogen-bond acceptors (Lipinski definition) is 2. The van der Waals surface area contributed by atoms with Crippen molar-refractivity contribution in [1.29, 1.82) is 0 Å². The van der Waals surface area contributed by atoms with E-state index in [9.17, 15) is 9.59 Å². The smallest absolute Gasteiger partial charge is 0.222 e. The zero-order valence-electron chi connectivity index (χ0n) is 9.30. The molecule has 0 heterocycles. The van der Waals surface area contributed by atoms with Crippen LogP contribution >= 0.6 is 0 Å². The van der Waals surface area contributed by atoms with E-state index >= 15 is 0 Å². The number of nitrogens with zero attached hydrogens (tertiary/aromatic N) is 1. The Balaban J connectivity index is 3.57. The summed E-state index contributed by atoms with van der Waals surface area (Å²) in [5, 5.41) is 2.67. The Bertz CT molecular complexity index is 189. The molecule has 0 unspecified atom stereocenters. The molecule has 82 valence electrons. The molecule has 0 atom stereocenters. The molecule has 2 amide bonds. The van der Waals surface area contributed by atoms with Crippen LogP contribution in [0.5, 0.6) is 0 Å². The highest BCUT2D eigenvalue weighted by Gasteiger charge is 2.08. The van der Waals surface area contributed by atoms with E-state index in [1.165, 1.54) is 6.92 Å². The van der Waals surface area contributed by atoms with Gasteiger partial charge in [0.15, 0.2) is 0 Å². The van der Waals surface area contributed by atoms with Crippen molar-refractivity contribution < 1.29 is 9.59 Å². The van der Waals surface area contributed by atoms with E-state index in [2.05, 4.69) is 5.32 Å². The molecule has 0 radical (unpaired) electrons. The Morgan fingerprint density at radius 2 is 1.79 bits per heavy atom. The highest BCUT2D eigenvalue weighted by Crippen LogP contribution is 1.96. The van der Waals surface area contributed by atoms with Gasteiger partial charge in [0.05, 0.1) is 0 Å². The van der Waals surface area contributed by atoms with Gasteiger partial charge in [-0.1, -0.05) is 0 Å². The second kappa shape index (κ2) is 7.35. The van der Waals surface area contributed by atoms with Crippen LogP contribution in [0.3, 0.4) is 0 Å². The Hall–Kier alpha value is -1.06. The minimum Gasteiger partial charge on any atom is -0.356 e. The Labute approximate surface area is 85.7 Å². The van der Waals surface area contributed by atoms with Gasteiger partial charge < -0.3 is 10.2 Å². The maximum absolute atomic E-state index is 11.5. The van der Waals surface area contributed by atoms with Gasteiger partial charge in [-0.2, -0.15) is 0 Å². The van der Waals surface area contributed by atoms with Gasteiger partial charge >= 0.3 is 0 Å². The molecular formula is C10H20N2O2. The van der Waals surface area contributed by atoms with E-state index in [1.54, 1.807) is 4.90 Å². The average Bonchev–Trinajstić information content (AvgIpc) is 2.14. The van der Waals surface area contributed by atoms with Crippen LogP contribution in [0.4, 0.5) is 0 Å². The molecule has 1 N–H and O–H groups in total. The van der Waals surface area contributed by atoms with Crippen molar-refractivity contribution in [3.8, 4) is 0 Å². The quantitative estimate of drug-likeness (QED) is 0.644. The standard InChI is InChI=1S/C10H20N2O2/c1-4-12(5-2)10(14)7-6-8-11-9(3)13/h4-8H2,1-3H3,(H,11,13). The van der Waals surface area contributed by atoms with Crippen LogP contribution in [0.25, 0.3) is 0 Å². The lowest BCUT2D eigenvalue weighted by atomic mass is 10.2. The molecule has 0 aromatic heterocycles. The van der Waals surface area contributed by atoms with Crippen molar-refractivity contribution >= 4 is 11.8 Å². The largest absolute Gasteiger partial charge is 0.356 e. The lowest BCUT2D eigenvalue weighted by molar-refractivity contribution is -0.131. The second-order valence-corrected chi connectivity index (χ2v) is 3.15. The van der Waals surface area contributed by atoms with Crippen LogP contribution < -0.4 is 5.32 Å². The molecule has 0 aromatic rings. The average molecular weight is 200 g/mol. The first kappa shape index (κ1) is 12.9. The monoisotopic (exact) mass is 200 g/mol. The first-order valence-corrected chi connectivity index (χ1v) is 5.14. The molecule has 0 aromatic carbocycles. The Kier molecular flexibility index (Phi) is 6.80. The third-order valence-electron chi connectivity index (χ3n) is 2.06. The molecule has 0 spiro atoms. The predicted octanol–water partition coefficient (Wildman–Crippen LogP) is 0.771. The number of carbonyl (C=O) groups is 2. The maximum Gasteiger partial charge on any atom is 0.222 e. The third-order valence-corrected chi connectivity index (χ3v) is 2.06. The number of hydrogen-bond donors (Lipinski definition) is 1. The molecule has 0 bridgehead atoms. The summed E-state index contributed by atoms with van der Waals surface area (Å²) in [5.74, 6) is 0.126. The maximum atomic E-state index is 11.5. The first-order valence-electron chi connectivity index (χ1n) is 5.14. The summed E-state index contributed by atoms with van der Waals surface area (Å²) in [6.45, 7) is 7.52. The van der Waals surface area contributed by atoms with Crippen molar-refractivity contribution in [3.63, 3.8) is 0 Å². The van der Waals surface area contributed by atoms with Gasteiger partial charge in [0.1, 0.15) is 0 Å². The van der Waals surface area contributed by atoms with Gasteiger partial charge in [-0.15, -0.1) is 0 Å². The van der Waals surface area contributed by atoms with Crippen molar-refractivity contribution in [2.75, 3.05) is 19.6 Å². The van der Waals surface area contributed by atoms with Gasteiger partial charge in [-0.3, -0.25) is 9.59 Å². The van der Waals surface area contributed by atoms with E-state index in [1.807, 2.05) is 13.8 Å². The summed E-state index contributed by atoms with van der Waals surface area (Å²) in [4.78, 5) is 23.8. The minimum absolute atomic E-state index is 0.0414. The normalized spacial score (nSPS) is 9.64. The van der Waals surface area contributed by atoms with Crippen LogP contribution in [0, 0.1) is 0 Å². The van der Waals surface area contributed by atoms with E-state index in [0.717, 1.165) is 19.5 Å². The van der Waals surface area contributed by atoms with Gasteiger partial charge in [-0.05, 0) is 20.3 Å². The SMILES string of the molecule is CCN(CC)C(=O)CCCNC(C)=O. The molecular weight excluding hydrogens is 180 g/mol. The van der Waals surface area contributed by atoms with E-state index in [0.29, 0.717) is 13.0 Å². The Morgan fingerprint density at radius 1 is 1.21 bits per heavy atom. The zero-order chi connectivity index (χ0) is 11.0. The summed E-state index contributed by atoms with van der Waals surface area (Å²) in [5.41, 5.74) is 0. The van der Waals surface area contributed by atoms with Gasteiger partial charge in [-0.25, -0.2) is 0 Å². The van der Waals surface area contributed by atoms with Crippen LogP contribution in [-0.4, -0.2) is 36.3 Å². The minimum atomic E-state index is -0.0414. The lowest BCUT2D eigenvalue weighted by Gasteiger charge is -2.18. The fraction of sp³-hybridized carbons (Fsp3) is 0.800. The summed E-state index contributed by atoms with van der Waals surface area (Å²) in [6.07, 6.45) is 1.23. The fourth-order valence-electron chi connectivity index (χ4n) is 1.24. The van der Waals surface area contributed by atoms with Crippen LogP contribution in [0.15, 0.2) is 0 Å². The van der Waals surface area contributed by atoms with Crippen molar-refractivity contribution in [2.24, 2.45) is 0 Å². The van der Waals surface area contributed by atoms with Crippen LogP contribution in [0.1, 0.15) is 33.6 Å². The molecule has 0 aliphatic rings. The molecule has 4 heteroatoms. The van der Waals surface area contributed by atoms with Crippen molar-refractivity contribution in [1.82, 2.24) is 10.2 Å². The molecule has 0 aliphatic carbocycles. The van der Waals surface area contributed by atoms with Crippen LogP contribution in [0.2, 0.25) is 0 Å². The molecule has 4 nitrogen and oxygen atoms in total. The molecule has 0 fully saturated rings. The predicted molar refractivity (Wildman–Crippen MR) is 55.8 cm³/mol. The third kappa shape index (κ3) is 5.56. The van der Waals surface area contributed by atoms with Gasteiger partial charge in [0.2, 0.25) is 11.8 Å². The van der Waals surface area contributed by atoms with Crippen LogP contribution in [-0.2, 0) is 9.59 Å². The van der Waals surface area contributed by atoms with Gasteiger partial charge in [0.25, 0.3) is 0 Å². The van der Waals surface area contributed by atoms with E-state index in [-0.39, 0.29) is 11.8 Å². The molecule has 0 saturated heterocycles. The second-order valence-electron chi connectivity index (χ2n) is 3.15. The van der Waals surface area contributed by atoms with Crippen molar-refractivity contribution in [3.05, 3.63) is 0 Å². The molecule has 0 saturated carbocycles. The Morgan fingerprint density at radius 3 is 2.21 bits per heavy atom. The number of nitrogens with one attached hydrogen (secondary N) is 1. The van der Waals surface area contributed by atoms with Gasteiger partial charge in [0, 0.05) is 33.0 Å². The summed E-state index contributed by atoms with van der Waals surface area (Å²) in [6, 6.07) is 0. The lowest BCUT2D eigenvalue weighted by Crippen LogP contribution is -2.31. The number of amides is 2. The fourth-order valence-corrected chi connectivity index (χ4v) is 1.24. The van der Waals surface area contributed by atoms with E-state index in [4.69, 9.17) is 0 Å².